The number of benzene rings is 2. The lowest BCUT2D eigenvalue weighted by Gasteiger charge is -2.18. The fourth-order valence-electron chi connectivity index (χ4n) is 2.41. The second-order valence-corrected chi connectivity index (χ2v) is 5.18. The Morgan fingerprint density at radius 3 is 2.39 bits per heavy atom. The molecule has 1 aliphatic heterocycles. The Hall–Kier alpha value is -2.69. The largest absolute Gasteiger partial charge is 0.486 e. The van der Waals surface area contributed by atoms with E-state index in [1.54, 1.807) is 24.3 Å². The lowest BCUT2D eigenvalue weighted by molar-refractivity contribution is 0.0914. The Bertz CT molecular complexity index is 754. The molecule has 1 aliphatic rings. The normalized spacial score (nSPS) is 12.7. The van der Waals surface area contributed by atoms with Gasteiger partial charge in [0.2, 0.25) is 0 Å². The molecule has 23 heavy (non-hydrogen) atoms. The van der Waals surface area contributed by atoms with Gasteiger partial charge < -0.3 is 9.47 Å². The van der Waals surface area contributed by atoms with Crippen LogP contribution in [0.2, 0.25) is 0 Å². The van der Waals surface area contributed by atoms with Gasteiger partial charge in [-0.1, -0.05) is 12.1 Å². The lowest BCUT2D eigenvalue weighted by atomic mass is 10.0. The molecule has 0 aromatic heterocycles. The molecule has 2 aromatic carbocycles. The zero-order valence-corrected chi connectivity index (χ0v) is 12.4. The quantitative estimate of drug-likeness (QED) is 0.793. The van der Waals surface area contributed by atoms with Crippen molar-refractivity contribution in [1.29, 1.82) is 0 Å². The number of hydrogen-bond acceptors (Lipinski definition) is 4. The maximum absolute atomic E-state index is 13.5. The molecular formula is C18H15FO4. The molecule has 0 radical (unpaired) electrons. The highest BCUT2D eigenvalue weighted by molar-refractivity contribution is 6.02. The highest BCUT2D eigenvalue weighted by Gasteiger charge is 2.17. The van der Waals surface area contributed by atoms with Gasteiger partial charge in [0.05, 0.1) is 5.56 Å². The molecule has 0 N–H and O–H groups in total. The van der Waals surface area contributed by atoms with Crippen LogP contribution in [0.3, 0.4) is 0 Å². The molecule has 0 spiro atoms. The van der Waals surface area contributed by atoms with Crippen LogP contribution in [0.15, 0.2) is 42.5 Å². The van der Waals surface area contributed by atoms with Gasteiger partial charge in [-0.2, -0.15) is 0 Å². The van der Waals surface area contributed by atoms with Crippen molar-refractivity contribution in [3.8, 4) is 11.5 Å². The van der Waals surface area contributed by atoms with Gasteiger partial charge in [0.25, 0.3) is 0 Å². The van der Waals surface area contributed by atoms with E-state index >= 15 is 0 Å². The van der Waals surface area contributed by atoms with Gasteiger partial charge in [0, 0.05) is 18.4 Å². The Labute approximate surface area is 132 Å². The van der Waals surface area contributed by atoms with Crippen molar-refractivity contribution in [3.05, 3.63) is 59.4 Å². The van der Waals surface area contributed by atoms with Crippen molar-refractivity contribution in [1.82, 2.24) is 0 Å². The molecule has 0 saturated heterocycles. The van der Waals surface area contributed by atoms with E-state index in [1.807, 2.05) is 0 Å². The highest BCUT2D eigenvalue weighted by Crippen LogP contribution is 2.31. The zero-order valence-electron chi connectivity index (χ0n) is 12.4. The molecule has 0 saturated carbocycles. The summed E-state index contributed by atoms with van der Waals surface area (Å²) in [4.78, 5) is 24.2. The summed E-state index contributed by atoms with van der Waals surface area (Å²) in [7, 11) is 0. The first kappa shape index (κ1) is 15.2. The second kappa shape index (κ2) is 6.60. The molecule has 1 heterocycles. The van der Waals surface area contributed by atoms with Gasteiger partial charge in [-0.25, -0.2) is 4.39 Å². The van der Waals surface area contributed by atoms with Crippen molar-refractivity contribution in [3.63, 3.8) is 0 Å². The number of carbonyl (C=O) groups excluding carboxylic acids is 2. The van der Waals surface area contributed by atoms with Crippen molar-refractivity contribution in [2.24, 2.45) is 0 Å². The third-order valence-corrected chi connectivity index (χ3v) is 3.62. The summed E-state index contributed by atoms with van der Waals surface area (Å²) < 4.78 is 24.4. The van der Waals surface area contributed by atoms with Gasteiger partial charge in [0.1, 0.15) is 19.0 Å². The van der Waals surface area contributed by atoms with Crippen LogP contribution in [0.4, 0.5) is 4.39 Å². The van der Waals surface area contributed by atoms with Gasteiger partial charge in [0.15, 0.2) is 23.1 Å². The lowest BCUT2D eigenvalue weighted by Crippen LogP contribution is -2.16. The van der Waals surface area contributed by atoms with Crippen LogP contribution in [0.5, 0.6) is 11.5 Å². The van der Waals surface area contributed by atoms with Crippen molar-refractivity contribution in [2.45, 2.75) is 12.8 Å². The predicted octanol–water partition coefficient (Wildman–Crippen LogP) is 3.44. The van der Waals surface area contributed by atoms with Crippen LogP contribution in [0.25, 0.3) is 0 Å². The van der Waals surface area contributed by atoms with E-state index in [0.717, 1.165) is 0 Å². The summed E-state index contributed by atoms with van der Waals surface area (Å²) in [5.74, 6) is 0.00250. The average Bonchev–Trinajstić information content (AvgIpc) is 2.59. The molecule has 0 unspecified atom stereocenters. The molecule has 4 nitrogen and oxygen atoms in total. The van der Waals surface area contributed by atoms with Gasteiger partial charge in [-0.3, -0.25) is 9.59 Å². The first-order chi connectivity index (χ1) is 11.1. The van der Waals surface area contributed by atoms with Crippen LogP contribution in [-0.4, -0.2) is 24.8 Å². The minimum Gasteiger partial charge on any atom is -0.486 e. The second-order valence-electron chi connectivity index (χ2n) is 5.18. The fraction of sp³-hybridized carbons (Fsp3) is 0.222. The summed E-state index contributed by atoms with van der Waals surface area (Å²) in [6, 6.07) is 10.7. The summed E-state index contributed by atoms with van der Waals surface area (Å²) in [5, 5.41) is 0. The number of ketones is 2. The predicted molar refractivity (Wildman–Crippen MR) is 81.7 cm³/mol. The summed E-state index contributed by atoms with van der Waals surface area (Å²) in [5.41, 5.74) is 0.470. The molecule has 2 aromatic rings. The van der Waals surface area contributed by atoms with Crippen LogP contribution in [0.1, 0.15) is 33.6 Å². The van der Waals surface area contributed by atoms with Crippen LogP contribution >= 0.6 is 0 Å². The van der Waals surface area contributed by atoms with Crippen molar-refractivity contribution in [2.75, 3.05) is 13.2 Å². The highest BCUT2D eigenvalue weighted by atomic mass is 19.1. The maximum atomic E-state index is 13.5. The number of hydrogen-bond donors (Lipinski definition) is 0. The standard InChI is InChI=1S/C18H15FO4/c19-14-4-2-1-3-13(14)16(21)7-6-15(20)12-5-8-17-18(11-12)23-10-9-22-17/h1-5,8,11H,6-7,9-10H2. The van der Waals surface area contributed by atoms with E-state index in [-0.39, 0.29) is 30.0 Å². The third-order valence-electron chi connectivity index (χ3n) is 3.62. The van der Waals surface area contributed by atoms with Gasteiger partial charge in [-0.15, -0.1) is 0 Å². The summed E-state index contributed by atoms with van der Waals surface area (Å²) >= 11 is 0. The number of fused-ring (bicyclic) bond motifs is 1. The van der Waals surface area contributed by atoms with Crippen LogP contribution in [0, 0.1) is 5.82 Å². The number of rotatable bonds is 5. The number of Topliss-reactive ketones (excluding diaryl/α,β-unsaturated/α-hetero) is 2. The van der Waals surface area contributed by atoms with Crippen LogP contribution < -0.4 is 9.47 Å². The molecule has 5 heteroatoms. The van der Waals surface area contributed by atoms with Crippen LogP contribution in [-0.2, 0) is 0 Å². The minimum absolute atomic E-state index is 0.0162. The molecule has 118 valence electrons. The van der Waals surface area contributed by atoms with E-state index < -0.39 is 5.82 Å². The van der Waals surface area contributed by atoms with E-state index in [2.05, 4.69) is 0 Å². The fourth-order valence-corrected chi connectivity index (χ4v) is 2.41. The molecule has 0 aliphatic carbocycles. The van der Waals surface area contributed by atoms with E-state index in [1.165, 1.54) is 18.2 Å². The van der Waals surface area contributed by atoms with Gasteiger partial charge in [-0.05, 0) is 30.3 Å². The smallest absolute Gasteiger partial charge is 0.166 e. The Morgan fingerprint density at radius 1 is 0.913 bits per heavy atom. The Kier molecular flexibility index (Phi) is 4.37. The molecule has 3 rings (SSSR count). The molecular weight excluding hydrogens is 299 g/mol. The molecule has 0 amide bonds. The number of ether oxygens (including phenoxy) is 2. The zero-order chi connectivity index (χ0) is 16.2. The average molecular weight is 314 g/mol. The minimum atomic E-state index is -0.565. The van der Waals surface area contributed by atoms with E-state index in [9.17, 15) is 14.0 Å². The maximum Gasteiger partial charge on any atom is 0.166 e. The SMILES string of the molecule is O=C(CCC(=O)c1ccccc1F)c1ccc2c(c1)OCCO2. The number of halogens is 1. The first-order valence-electron chi connectivity index (χ1n) is 7.36. The molecule has 0 fully saturated rings. The van der Waals surface area contributed by atoms with Crippen molar-refractivity contribution >= 4 is 11.6 Å². The Balaban J connectivity index is 1.66. The van der Waals surface area contributed by atoms with E-state index in [4.69, 9.17) is 9.47 Å². The summed E-state index contributed by atoms with van der Waals surface area (Å²) in [6.45, 7) is 0.924. The monoisotopic (exact) mass is 314 g/mol. The van der Waals surface area contributed by atoms with Crippen molar-refractivity contribution < 1.29 is 23.5 Å². The van der Waals surface area contributed by atoms with Gasteiger partial charge >= 0.3 is 0 Å². The third kappa shape index (κ3) is 3.39. The van der Waals surface area contributed by atoms with E-state index in [0.29, 0.717) is 30.3 Å². The summed E-state index contributed by atoms with van der Waals surface area (Å²) in [6.07, 6.45) is -0.0129. The topological polar surface area (TPSA) is 52.6 Å². The molecule has 0 atom stereocenters. The number of carbonyl (C=O) groups is 2. The first-order valence-corrected chi connectivity index (χ1v) is 7.36. The Morgan fingerprint density at radius 2 is 1.61 bits per heavy atom. The molecule has 0 bridgehead atoms.